The topological polar surface area (TPSA) is 57.6 Å². The molecule has 202 valence electrons. The van der Waals surface area contributed by atoms with Gasteiger partial charge in [-0.3, -0.25) is 0 Å². The van der Waals surface area contributed by atoms with Crippen LogP contribution in [0.5, 0.6) is 0 Å². The predicted molar refractivity (Wildman–Crippen MR) is 142 cm³/mol. The van der Waals surface area contributed by atoms with Crippen molar-refractivity contribution in [2.75, 3.05) is 0 Å². The molecule has 4 aromatic rings. The molecular formula is C30H38Cl2N4Pt. The molecular weight excluding hydrogens is 682 g/mol. The number of aryl methyl sites for hydroxylation is 4. The van der Waals surface area contributed by atoms with Gasteiger partial charge in [-0.15, -0.1) is 0 Å². The van der Waals surface area contributed by atoms with Crippen molar-refractivity contribution in [1.82, 2.24) is 9.13 Å². The molecule has 4 nitrogen and oxygen atoms in total. The Morgan fingerprint density at radius 2 is 0.865 bits per heavy atom. The number of unbranched alkanes of at least 4 members (excludes halogenated alkanes) is 7. The summed E-state index contributed by atoms with van der Waals surface area (Å²) in [5.41, 5.74) is 4.74. The Balaban J connectivity index is 0.00000228. The molecule has 0 saturated carbocycles. The average molecular weight is 721 g/mol. The molecule has 4 rings (SSSR count). The number of nitrogens with zero attached hydrogens (tertiary/aromatic N) is 2. The number of aromatic nitrogens is 2. The standard InChI is InChI=1S/C30H38N4.2ClH.Pt/c1-23-21-27(31)25-15-9-11-17-29(25)33(23)19-13-7-5-3-4-6-8-14-20-34-24(2)22-28(32)26-16-10-12-18-30(26)34;;;/h9-12,15-18,21-22,31-32H,3-8,13-14,19-20H2,1-2H3;2*1H;/q;;;+2/p-2. The van der Waals surface area contributed by atoms with Crippen LogP contribution in [0.2, 0.25) is 0 Å². The molecule has 2 aromatic carbocycles. The number of nitrogens with one attached hydrogen (secondary N) is 2. The number of rotatable bonds is 11. The van der Waals surface area contributed by atoms with E-state index in [1.54, 1.807) is 0 Å². The summed E-state index contributed by atoms with van der Waals surface area (Å²) in [7, 11) is 0. The van der Waals surface area contributed by atoms with Crippen molar-refractivity contribution in [2.24, 2.45) is 0 Å². The Hall–Kier alpha value is -1.87. The molecule has 0 fully saturated rings. The second kappa shape index (κ2) is 16.2. The molecule has 2 aromatic heterocycles. The first-order valence-electron chi connectivity index (χ1n) is 12.8. The van der Waals surface area contributed by atoms with Crippen LogP contribution in [0.1, 0.15) is 62.8 Å². The van der Waals surface area contributed by atoms with Crippen LogP contribution in [0.15, 0.2) is 60.7 Å². The van der Waals surface area contributed by atoms with E-state index in [1.807, 2.05) is 24.3 Å². The van der Waals surface area contributed by atoms with Crippen LogP contribution >= 0.6 is 0 Å². The fraction of sp³-hybridized carbons (Fsp3) is 0.400. The van der Waals surface area contributed by atoms with Gasteiger partial charge in [0.15, 0.2) is 0 Å². The Kier molecular flexibility index (Phi) is 14.5. The van der Waals surface area contributed by atoms with Gasteiger partial charge in [0.25, 0.3) is 0 Å². The van der Waals surface area contributed by atoms with E-state index in [0.29, 0.717) is 10.7 Å². The monoisotopic (exact) mass is 719 g/mol. The summed E-state index contributed by atoms with van der Waals surface area (Å²) in [6, 6.07) is 20.6. The van der Waals surface area contributed by atoms with Gasteiger partial charge in [-0.25, -0.2) is 0 Å². The van der Waals surface area contributed by atoms with E-state index in [2.05, 4.69) is 59.4 Å². The first-order valence-corrected chi connectivity index (χ1v) is 12.8. The molecule has 0 saturated heterocycles. The first kappa shape index (κ1) is 33.2. The Morgan fingerprint density at radius 3 is 1.24 bits per heavy atom. The van der Waals surface area contributed by atoms with E-state index in [9.17, 15) is 0 Å². The molecule has 2 heterocycles. The van der Waals surface area contributed by atoms with Crippen LogP contribution in [0.3, 0.4) is 0 Å². The van der Waals surface area contributed by atoms with E-state index >= 15 is 0 Å². The maximum absolute atomic E-state index is 8.22. The quantitative estimate of drug-likeness (QED) is 0.218. The molecule has 0 aliphatic carbocycles. The SMILES string of the molecule is Cc1cc(=N)c2ccccc2n1CCCCCCCCCCn1c(C)cc(=N)c2ccccc21.[Cl-].[Cl-].[Pt+2]. The maximum atomic E-state index is 8.22. The van der Waals surface area contributed by atoms with Crippen LogP contribution in [0.25, 0.3) is 21.8 Å². The summed E-state index contributed by atoms with van der Waals surface area (Å²) in [5, 5.41) is 19.8. The molecule has 0 amide bonds. The Morgan fingerprint density at radius 1 is 0.541 bits per heavy atom. The summed E-state index contributed by atoms with van der Waals surface area (Å²) < 4.78 is 4.76. The zero-order valence-electron chi connectivity index (χ0n) is 21.8. The van der Waals surface area contributed by atoms with Gasteiger partial charge in [0.2, 0.25) is 0 Å². The zero-order valence-corrected chi connectivity index (χ0v) is 25.6. The normalized spacial score (nSPS) is 10.5. The molecule has 0 atom stereocenters. The van der Waals surface area contributed by atoms with Crippen molar-refractivity contribution in [1.29, 1.82) is 10.8 Å². The zero-order chi connectivity index (χ0) is 23.9. The molecule has 37 heavy (non-hydrogen) atoms. The van der Waals surface area contributed by atoms with Gasteiger partial charge in [0.05, 0.1) is 21.7 Å². The van der Waals surface area contributed by atoms with Crippen molar-refractivity contribution in [3.05, 3.63) is 82.8 Å². The van der Waals surface area contributed by atoms with E-state index in [4.69, 9.17) is 10.8 Å². The maximum Gasteiger partial charge on any atom is 2.00 e. The molecule has 7 heteroatoms. The fourth-order valence-electron chi connectivity index (χ4n) is 5.18. The third-order valence-corrected chi connectivity index (χ3v) is 7.04. The van der Waals surface area contributed by atoms with Gasteiger partial charge in [0, 0.05) is 35.2 Å². The van der Waals surface area contributed by atoms with Crippen molar-refractivity contribution < 1.29 is 45.9 Å². The third-order valence-electron chi connectivity index (χ3n) is 7.04. The molecule has 0 aliphatic rings. The molecule has 0 unspecified atom stereocenters. The Bertz CT molecular complexity index is 1290. The van der Waals surface area contributed by atoms with Crippen molar-refractivity contribution >= 4 is 21.8 Å². The minimum Gasteiger partial charge on any atom is -1.00 e. The minimum atomic E-state index is 0. The summed E-state index contributed by atoms with van der Waals surface area (Å²) >= 11 is 0. The van der Waals surface area contributed by atoms with E-state index in [1.165, 1.54) is 73.8 Å². The van der Waals surface area contributed by atoms with Crippen LogP contribution in [0.4, 0.5) is 0 Å². The second-order valence-corrected chi connectivity index (χ2v) is 9.56. The summed E-state index contributed by atoms with van der Waals surface area (Å²) in [6.45, 7) is 6.31. The number of para-hydroxylation sites is 2. The predicted octanol–water partition coefficient (Wildman–Crippen LogP) is 0.998. The van der Waals surface area contributed by atoms with Crippen molar-refractivity contribution in [3.8, 4) is 0 Å². The minimum absolute atomic E-state index is 0. The van der Waals surface area contributed by atoms with E-state index < -0.39 is 0 Å². The number of benzene rings is 2. The molecule has 0 radical (unpaired) electrons. The summed E-state index contributed by atoms with van der Waals surface area (Å²) in [6.07, 6.45) is 10.2. The number of hydrogen-bond acceptors (Lipinski definition) is 2. The van der Waals surface area contributed by atoms with Crippen molar-refractivity contribution in [3.63, 3.8) is 0 Å². The summed E-state index contributed by atoms with van der Waals surface area (Å²) in [4.78, 5) is 0. The molecule has 0 aliphatic heterocycles. The summed E-state index contributed by atoms with van der Waals surface area (Å²) in [5.74, 6) is 0. The van der Waals surface area contributed by atoms with E-state index in [0.717, 1.165) is 23.9 Å². The molecule has 0 spiro atoms. The van der Waals surface area contributed by atoms with Crippen molar-refractivity contribution in [2.45, 2.75) is 78.3 Å². The van der Waals surface area contributed by atoms with Gasteiger partial charge in [0.1, 0.15) is 0 Å². The van der Waals surface area contributed by atoms with Crippen LogP contribution in [-0.2, 0) is 34.2 Å². The smallest absolute Gasteiger partial charge is 1.00 e. The largest absolute Gasteiger partial charge is 2.00 e. The van der Waals surface area contributed by atoms with Gasteiger partial charge in [-0.1, -0.05) is 74.9 Å². The van der Waals surface area contributed by atoms with Crippen LogP contribution < -0.4 is 35.5 Å². The third kappa shape index (κ3) is 8.31. The Labute approximate surface area is 247 Å². The van der Waals surface area contributed by atoms with Gasteiger partial charge in [-0.05, 0) is 51.0 Å². The number of pyridine rings is 2. The average Bonchev–Trinajstić information content (AvgIpc) is 2.83. The van der Waals surface area contributed by atoms with Gasteiger partial charge >= 0.3 is 21.1 Å². The van der Waals surface area contributed by atoms with Gasteiger partial charge in [-0.2, -0.15) is 0 Å². The van der Waals surface area contributed by atoms with Crippen LogP contribution in [-0.4, -0.2) is 9.13 Å². The van der Waals surface area contributed by atoms with Crippen LogP contribution in [0, 0.1) is 24.7 Å². The molecule has 0 bridgehead atoms. The number of fused-ring (bicyclic) bond motifs is 2. The first-order chi connectivity index (χ1) is 16.6. The number of halogens is 2. The second-order valence-electron chi connectivity index (χ2n) is 9.56. The fourth-order valence-corrected chi connectivity index (χ4v) is 5.18. The number of hydrogen-bond donors (Lipinski definition) is 2. The molecule has 2 N–H and O–H groups in total. The van der Waals surface area contributed by atoms with Gasteiger partial charge < -0.3 is 44.8 Å². The van der Waals surface area contributed by atoms with E-state index in [-0.39, 0.29) is 45.9 Å².